The zero-order chi connectivity index (χ0) is 26.0. The predicted molar refractivity (Wildman–Crippen MR) is 124 cm³/mol. The molecular formula is C25H32O11. The number of aryl methyl sites for hydroxylation is 1. The van der Waals surface area contributed by atoms with Crippen molar-refractivity contribution in [1.29, 1.82) is 0 Å². The van der Waals surface area contributed by atoms with Crippen molar-refractivity contribution >= 4 is 0 Å². The van der Waals surface area contributed by atoms with Crippen LogP contribution in [0.25, 0.3) is 0 Å². The number of phenols is 1. The Bertz CT molecular complexity index is 1040. The van der Waals surface area contributed by atoms with Gasteiger partial charge >= 0.3 is 0 Å². The van der Waals surface area contributed by atoms with Crippen molar-refractivity contribution in [2.75, 3.05) is 26.9 Å². The first-order chi connectivity index (χ1) is 17.3. The fourth-order valence-electron chi connectivity index (χ4n) is 4.63. The number of aromatic hydroxyl groups is 1. The third-order valence-corrected chi connectivity index (χ3v) is 6.60. The second-order valence-electron chi connectivity index (χ2n) is 8.91. The maximum atomic E-state index is 10.5. The summed E-state index contributed by atoms with van der Waals surface area (Å²) in [6.07, 6.45) is -7.04. The molecule has 198 valence electrons. The molecule has 2 aliphatic heterocycles. The molecule has 0 saturated carbocycles. The lowest BCUT2D eigenvalue weighted by atomic mass is 9.90. The second-order valence-corrected chi connectivity index (χ2v) is 8.91. The Morgan fingerprint density at radius 1 is 0.917 bits per heavy atom. The molecule has 7 N–H and O–H groups in total. The van der Waals surface area contributed by atoms with Crippen molar-refractivity contribution in [3.63, 3.8) is 0 Å². The molecule has 0 amide bonds. The number of phenolic OH excluding ortho intramolecular Hbond substituents is 1. The Kier molecular flexibility index (Phi) is 8.20. The van der Waals surface area contributed by atoms with Crippen molar-refractivity contribution in [2.45, 2.75) is 55.6 Å². The Balaban J connectivity index is 1.71. The molecule has 11 nitrogen and oxygen atoms in total. The maximum absolute atomic E-state index is 10.5. The summed E-state index contributed by atoms with van der Waals surface area (Å²) in [6, 6.07) is 8.24. The molecule has 0 spiro atoms. The third-order valence-electron chi connectivity index (χ3n) is 6.60. The van der Waals surface area contributed by atoms with Gasteiger partial charge in [0.25, 0.3) is 0 Å². The van der Waals surface area contributed by atoms with E-state index in [1.807, 2.05) is 6.07 Å². The number of ether oxygens (including phenoxy) is 4. The van der Waals surface area contributed by atoms with E-state index in [2.05, 4.69) is 0 Å². The van der Waals surface area contributed by atoms with Gasteiger partial charge in [0.2, 0.25) is 6.29 Å². The number of fused-ring (bicyclic) bond motifs is 1. The molecule has 11 heteroatoms. The first-order valence-electron chi connectivity index (χ1n) is 11.7. The average molecular weight is 509 g/mol. The van der Waals surface area contributed by atoms with Crippen LogP contribution in [0.4, 0.5) is 0 Å². The van der Waals surface area contributed by atoms with Gasteiger partial charge in [0.15, 0.2) is 23.0 Å². The van der Waals surface area contributed by atoms with Crippen LogP contribution in [0.3, 0.4) is 0 Å². The molecule has 2 heterocycles. The quantitative estimate of drug-likeness (QED) is 0.237. The van der Waals surface area contributed by atoms with E-state index in [0.29, 0.717) is 24.0 Å². The van der Waals surface area contributed by atoms with E-state index in [1.165, 1.54) is 13.2 Å². The van der Waals surface area contributed by atoms with Gasteiger partial charge in [-0.15, -0.1) is 0 Å². The molecule has 2 aliphatic rings. The van der Waals surface area contributed by atoms with Crippen LogP contribution < -0.4 is 14.2 Å². The lowest BCUT2D eigenvalue weighted by Gasteiger charge is -2.39. The minimum absolute atomic E-state index is 0.0319. The highest BCUT2D eigenvalue weighted by molar-refractivity contribution is 5.56. The number of methoxy groups -OCH3 is 1. The highest BCUT2D eigenvalue weighted by Crippen LogP contribution is 2.52. The van der Waals surface area contributed by atoms with Crippen LogP contribution in [0.15, 0.2) is 30.3 Å². The molecule has 2 aromatic carbocycles. The van der Waals surface area contributed by atoms with Gasteiger partial charge in [-0.1, -0.05) is 12.1 Å². The number of benzene rings is 2. The number of rotatable bonds is 9. The largest absolute Gasteiger partial charge is 0.504 e. The summed E-state index contributed by atoms with van der Waals surface area (Å²) in [7, 11) is 1.42. The van der Waals surface area contributed by atoms with Gasteiger partial charge in [-0.25, -0.2) is 0 Å². The van der Waals surface area contributed by atoms with E-state index in [4.69, 9.17) is 18.9 Å². The number of hydrogen-bond donors (Lipinski definition) is 7. The fraction of sp³-hybridized carbons (Fsp3) is 0.520. The minimum Gasteiger partial charge on any atom is -0.504 e. The van der Waals surface area contributed by atoms with Crippen molar-refractivity contribution in [3.8, 4) is 23.0 Å². The average Bonchev–Trinajstić information content (AvgIpc) is 3.26. The fourth-order valence-corrected chi connectivity index (χ4v) is 4.63. The topological polar surface area (TPSA) is 179 Å². The SMILES string of the molecule is COc1cc([C@@H]2Oc3c(O[C@H]4O[C@@H](CO)[C@H](O)[C@@H](O)[C@@H]4O)cc(CCCO)cc3[C@H]2CO)ccc1O. The highest BCUT2D eigenvalue weighted by atomic mass is 16.7. The van der Waals surface area contributed by atoms with Crippen LogP contribution in [0, 0.1) is 0 Å². The zero-order valence-corrected chi connectivity index (χ0v) is 19.7. The predicted octanol–water partition coefficient (Wildman–Crippen LogP) is -0.286. The molecule has 0 bridgehead atoms. The molecule has 2 aromatic rings. The van der Waals surface area contributed by atoms with E-state index in [-0.39, 0.29) is 36.2 Å². The zero-order valence-electron chi connectivity index (χ0n) is 19.7. The minimum atomic E-state index is -1.62. The monoisotopic (exact) mass is 508 g/mol. The summed E-state index contributed by atoms with van der Waals surface area (Å²) in [6.45, 7) is -0.910. The first kappa shape index (κ1) is 26.4. The van der Waals surface area contributed by atoms with Crippen LogP contribution in [-0.4, -0.2) is 93.4 Å². The standard InChI is InChI=1S/C25H32O11/c1-33-17-9-13(4-5-16(17)29)23-15(10-27)14-7-12(3-2-6-26)8-18(24(14)36-23)34-25-22(32)21(31)20(30)19(11-28)35-25/h4-5,7-9,15,19-23,25-32H,2-3,6,10-11H2,1H3/t15-,19+,20+,21-,22+,23+,25+/m1/s1. The summed E-state index contributed by atoms with van der Waals surface area (Å²) in [5.41, 5.74) is 2.04. The van der Waals surface area contributed by atoms with E-state index in [9.17, 15) is 35.7 Å². The van der Waals surface area contributed by atoms with Gasteiger partial charge in [0, 0.05) is 12.2 Å². The van der Waals surface area contributed by atoms with Crippen LogP contribution in [0.2, 0.25) is 0 Å². The van der Waals surface area contributed by atoms with E-state index < -0.39 is 49.3 Å². The molecule has 1 fully saturated rings. The van der Waals surface area contributed by atoms with Crippen LogP contribution >= 0.6 is 0 Å². The third kappa shape index (κ3) is 4.96. The van der Waals surface area contributed by atoms with Crippen molar-refractivity contribution < 1.29 is 54.7 Å². The molecule has 0 aliphatic carbocycles. The van der Waals surface area contributed by atoms with Gasteiger partial charge in [0.1, 0.15) is 30.5 Å². The summed E-state index contributed by atoms with van der Waals surface area (Å²) < 4.78 is 22.9. The molecule has 0 radical (unpaired) electrons. The summed E-state index contributed by atoms with van der Waals surface area (Å²) in [5, 5.41) is 69.7. The molecule has 0 aromatic heterocycles. The number of hydrogen-bond acceptors (Lipinski definition) is 11. The van der Waals surface area contributed by atoms with Gasteiger partial charge in [-0.2, -0.15) is 0 Å². The van der Waals surface area contributed by atoms with Crippen molar-refractivity contribution in [3.05, 3.63) is 47.0 Å². The normalized spacial score (nSPS) is 29.5. The van der Waals surface area contributed by atoms with Gasteiger partial charge in [-0.3, -0.25) is 0 Å². The van der Waals surface area contributed by atoms with Gasteiger partial charge < -0.3 is 54.7 Å². The molecule has 36 heavy (non-hydrogen) atoms. The van der Waals surface area contributed by atoms with Crippen LogP contribution in [0.5, 0.6) is 23.0 Å². The Hall–Kier alpha value is -2.64. The number of aliphatic hydroxyl groups excluding tert-OH is 6. The van der Waals surface area contributed by atoms with E-state index in [0.717, 1.165) is 5.56 Å². The van der Waals surface area contributed by atoms with E-state index in [1.54, 1.807) is 18.2 Å². The molecule has 1 saturated heterocycles. The number of aliphatic hydroxyl groups is 6. The van der Waals surface area contributed by atoms with Crippen molar-refractivity contribution in [2.24, 2.45) is 0 Å². The molecule has 7 atom stereocenters. The first-order valence-corrected chi connectivity index (χ1v) is 11.7. The van der Waals surface area contributed by atoms with Crippen LogP contribution in [-0.2, 0) is 11.2 Å². The summed E-state index contributed by atoms with van der Waals surface area (Å²) in [5.74, 6) is 0.133. The smallest absolute Gasteiger partial charge is 0.229 e. The van der Waals surface area contributed by atoms with E-state index >= 15 is 0 Å². The Morgan fingerprint density at radius 2 is 1.69 bits per heavy atom. The second kappa shape index (κ2) is 11.2. The Labute approximate surface area is 207 Å². The Morgan fingerprint density at radius 3 is 2.36 bits per heavy atom. The van der Waals surface area contributed by atoms with Crippen LogP contribution in [0.1, 0.15) is 35.1 Å². The maximum Gasteiger partial charge on any atom is 0.229 e. The molecular weight excluding hydrogens is 476 g/mol. The summed E-state index contributed by atoms with van der Waals surface area (Å²) >= 11 is 0. The lowest BCUT2D eigenvalue weighted by molar-refractivity contribution is -0.277. The van der Waals surface area contributed by atoms with Crippen molar-refractivity contribution in [1.82, 2.24) is 0 Å². The highest BCUT2D eigenvalue weighted by Gasteiger charge is 2.46. The summed E-state index contributed by atoms with van der Waals surface area (Å²) in [4.78, 5) is 0. The van der Waals surface area contributed by atoms with Gasteiger partial charge in [-0.05, 0) is 42.2 Å². The molecule has 4 rings (SSSR count). The molecule has 0 unspecified atom stereocenters. The van der Waals surface area contributed by atoms with Gasteiger partial charge in [0.05, 0.1) is 26.2 Å². The lowest BCUT2D eigenvalue weighted by Crippen LogP contribution is -2.60.